The van der Waals surface area contributed by atoms with E-state index >= 15 is 0 Å². The molecule has 2 aromatic carbocycles. The molecule has 0 saturated heterocycles. The Morgan fingerprint density at radius 3 is 2.43 bits per heavy atom. The molecule has 0 aliphatic rings. The fourth-order valence-electron chi connectivity index (χ4n) is 2.90. The van der Waals surface area contributed by atoms with E-state index in [0.29, 0.717) is 17.9 Å². The van der Waals surface area contributed by atoms with Gasteiger partial charge in [-0.25, -0.2) is 4.79 Å². The first-order chi connectivity index (χ1) is 13.5. The molecule has 0 N–H and O–H groups in total. The Bertz CT molecular complexity index is 1010. The van der Waals surface area contributed by atoms with Crippen molar-refractivity contribution >= 4 is 11.7 Å². The van der Waals surface area contributed by atoms with Crippen LogP contribution in [0.25, 0.3) is 5.69 Å². The largest absolute Gasteiger partial charge is 0.461 e. The molecule has 0 unspecified atom stereocenters. The number of hydrogen-bond donors (Lipinski definition) is 0. The Morgan fingerprint density at radius 2 is 1.79 bits per heavy atom. The van der Waals surface area contributed by atoms with E-state index < -0.39 is 5.97 Å². The lowest BCUT2D eigenvalue weighted by molar-refractivity contribution is 0.0518. The van der Waals surface area contributed by atoms with E-state index in [1.807, 2.05) is 61.3 Å². The van der Waals surface area contributed by atoms with E-state index in [4.69, 9.17) is 4.74 Å². The summed E-state index contributed by atoms with van der Waals surface area (Å²) in [6, 6.07) is 18.6. The lowest BCUT2D eigenvalue weighted by Gasteiger charge is -2.22. The molecule has 6 heteroatoms. The maximum absolute atomic E-state index is 12.7. The third kappa shape index (κ3) is 4.28. The van der Waals surface area contributed by atoms with Crippen LogP contribution in [0.2, 0.25) is 0 Å². The highest BCUT2D eigenvalue weighted by Gasteiger charge is 2.21. The van der Waals surface area contributed by atoms with Crippen molar-refractivity contribution in [3.05, 3.63) is 87.8 Å². The molecule has 0 aliphatic heterocycles. The van der Waals surface area contributed by atoms with Crippen molar-refractivity contribution in [2.24, 2.45) is 0 Å². The molecule has 0 amide bonds. The summed E-state index contributed by atoms with van der Waals surface area (Å²) in [6.45, 7) is 4.46. The van der Waals surface area contributed by atoms with Gasteiger partial charge in [-0.05, 0) is 31.5 Å². The summed E-state index contributed by atoms with van der Waals surface area (Å²) in [4.78, 5) is 27.1. The molecule has 0 spiro atoms. The smallest absolute Gasteiger partial charge is 0.360 e. The first-order valence-electron chi connectivity index (χ1n) is 9.13. The van der Waals surface area contributed by atoms with Gasteiger partial charge in [0.15, 0.2) is 5.69 Å². The first kappa shape index (κ1) is 19.4. The molecular formula is C22H23N3O3. The van der Waals surface area contributed by atoms with Gasteiger partial charge in [0.05, 0.1) is 18.0 Å². The quantitative estimate of drug-likeness (QED) is 0.617. The topological polar surface area (TPSA) is 64.4 Å². The van der Waals surface area contributed by atoms with Crippen molar-refractivity contribution in [1.82, 2.24) is 9.78 Å². The summed E-state index contributed by atoms with van der Waals surface area (Å²) < 4.78 is 6.40. The Kier molecular flexibility index (Phi) is 5.89. The minimum atomic E-state index is -0.557. The second kappa shape index (κ2) is 8.52. The summed E-state index contributed by atoms with van der Waals surface area (Å²) in [5.41, 5.74) is 2.96. The van der Waals surface area contributed by atoms with Crippen LogP contribution < -0.4 is 10.5 Å². The van der Waals surface area contributed by atoms with E-state index in [1.54, 1.807) is 19.1 Å². The van der Waals surface area contributed by atoms with Gasteiger partial charge in [0, 0.05) is 19.7 Å². The zero-order chi connectivity index (χ0) is 20.1. The number of rotatable bonds is 6. The van der Waals surface area contributed by atoms with Gasteiger partial charge in [-0.2, -0.15) is 9.78 Å². The third-order valence-corrected chi connectivity index (χ3v) is 4.33. The van der Waals surface area contributed by atoms with Crippen LogP contribution in [-0.4, -0.2) is 29.4 Å². The Balaban J connectivity index is 2.05. The summed E-state index contributed by atoms with van der Waals surface area (Å²) in [5.74, 6) is -0.557. The molecule has 1 aromatic heterocycles. The molecule has 0 radical (unpaired) electrons. The van der Waals surface area contributed by atoms with Gasteiger partial charge in [0.25, 0.3) is 5.56 Å². The van der Waals surface area contributed by atoms with Crippen LogP contribution in [0, 0.1) is 6.92 Å². The number of esters is 1. The van der Waals surface area contributed by atoms with Gasteiger partial charge in [0.2, 0.25) is 0 Å². The van der Waals surface area contributed by atoms with E-state index in [-0.39, 0.29) is 17.9 Å². The number of carbonyl (C=O) groups is 1. The summed E-state index contributed by atoms with van der Waals surface area (Å²) in [5, 5.41) is 4.34. The minimum Gasteiger partial charge on any atom is -0.461 e. The van der Waals surface area contributed by atoms with Gasteiger partial charge in [-0.1, -0.05) is 48.0 Å². The zero-order valence-electron chi connectivity index (χ0n) is 16.3. The van der Waals surface area contributed by atoms with Crippen LogP contribution in [0.3, 0.4) is 0 Å². The molecular weight excluding hydrogens is 354 g/mol. The molecule has 0 atom stereocenters. The number of anilines is 1. The van der Waals surface area contributed by atoms with Gasteiger partial charge in [-0.3, -0.25) is 4.79 Å². The molecule has 6 nitrogen and oxygen atoms in total. The monoisotopic (exact) mass is 377 g/mol. The Labute approximate surface area is 164 Å². The average molecular weight is 377 g/mol. The fraction of sp³-hybridized carbons (Fsp3) is 0.227. The molecule has 0 fully saturated rings. The molecule has 0 bridgehead atoms. The van der Waals surface area contributed by atoms with Gasteiger partial charge in [0.1, 0.15) is 0 Å². The molecule has 28 heavy (non-hydrogen) atoms. The van der Waals surface area contributed by atoms with E-state index in [1.165, 1.54) is 10.7 Å². The second-order valence-corrected chi connectivity index (χ2v) is 6.53. The van der Waals surface area contributed by atoms with Crippen molar-refractivity contribution in [2.75, 3.05) is 18.6 Å². The van der Waals surface area contributed by atoms with Crippen molar-refractivity contribution < 1.29 is 9.53 Å². The van der Waals surface area contributed by atoms with E-state index in [2.05, 4.69) is 5.10 Å². The Morgan fingerprint density at radius 1 is 1.11 bits per heavy atom. The highest BCUT2D eigenvalue weighted by atomic mass is 16.5. The maximum Gasteiger partial charge on any atom is 0.360 e. The standard InChI is InChI=1S/C22H23N3O3/c1-4-28-22(27)21-19(24(3)15-17-8-6-5-7-9-17)14-20(26)25(23-21)18-12-10-16(2)11-13-18/h5-14H,4,15H2,1-3H3. The number of benzene rings is 2. The summed E-state index contributed by atoms with van der Waals surface area (Å²) in [6.07, 6.45) is 0. The number of aromatic nitrogens is 2. The van der Waals surface area contributed by atoms with Crippen LogP contribution in [-0.2, 0) is 11.3 Å². The molecule has 144 valence electrons. The van der Waals surface area contributed by atoms with Crippen LogP contribution in [0.1, 0.15) is 28.5 Å². The predicted molar refractivity (Wildman–Crippen MR) is 109 cm³/mol. The van der Waals surface area contributed by atoms with Crippen molar-refractivity contribution in [2.45, 2.75) is 20.4 Å². The average Bonchev–Trinajstić information content (AvgIpc) is 2.69. The van der Waals surface area contributed by atoms with Crippen molar-refractivity contribution in [1.29, 1.82) is 0 Å². The minimum absolute atomic E-state index is 0.112. The number of aryl methyl sites for hydroxylation is 1. The molecule has 0 saturated carbocycles. The molecule has 1 heterocycles. The highest BCUT2D eigenvalue weighted by Crippen LogP contribution is 2.20. The number of ether oxygens (including phenoxy) is 1. The Hall–Kier alpha value is -3.41. The van der Waals surface area contributed by atoms with E-state index in [9.17, 15) is 9.59 Å². The zero-order valence-corrected chi connectivity index (χ0v) is 16.3. The van der Waals surface area contributed by atoms with Crippen LogP contribution in [0.5, 0.6) is 0 Å². The van der Waals surface area contributed by atoms with Crippen LogP contribution in [0.4, 0.5) is 5.69 Å². The molecule has 3 aromatic rings. The van der Waals surface area contributed by atoms with Gasteiger partial charge >= 0.3 is 5.97 Å². The predicted octanol–water partition coefficient (Wildman–Crippen LogP) is 3.35. The van der Waals surface area contributed by atoms with Gasteiger partial charge in [-0.15, -0.1) is 0 Å². The third-order valence-electron chi connectivity index (χ3n) is 4.33. The van der Waals surface area contributed by atoms with Crippen LogP contribution in [0.15, 0.2) is 65.5 Å². The number of hydrogen-bond acceptors (Lipinski definition) is 5. The molecule has 3 rings (SSSR count). The highest BCUT2D eigenvalue weighted by molar-refractivity contribution is 5.93. The first-order valence-corrected chi connectivity index (χ1v) is 9.13. The lowest BCUT2D eigenvalue weighted by atomic mass is 10.2. The molecule has 0 aliphatic carbocycles. The fourth-order valence-corrected chi connectivity index (χ4v) is 2.90. The maximum atomic E-state index is 12.7. The lowest BCUT2D eigenvalue weighted by Crippen LogP contribution is -2.29. The normalized spacial score (nSPS) is 10.5. The number of nitrogens with zero attached hydrogens (tertiary/aromatic N) is 3. The number of carbonyl (C=O) groups excluding carboxylic acids is 1. The summed E-state index contributed by atoms with van der Waals surface area (Å²) >= 11 is 0. The van der Waals surface area contributed by atoms with Gasteiger partial charge < -0.3 is 9.64 Å². The van der Waals surface area contributed by atoms with Crippen molar-refractivity contribution in [3.8, 4) is 5.69 Å². The van der Waals surface area contributed by atoms with Crippen LogP contribution >= 0.6 is 0 Å². The SMILES string of the molecule is CCOC(=O)c1nn(-c2ccc(C)cc2)c(=O)cc1N(C)Cc1ccccc1. The second-order valence-electron chi connectivity index (χ2n) is 6.53. The van der Waals surface area contributed by atoms with Crippen molar-refractivity contribution in [3.63, 3.8) is 0 Å². The van der Waals surface area contributed by atoms with E-state index in [0.717, 1.165) is 11.1 Å². The summed E-state index contributed by atoms with van der Waals surface area (Å²) in [7, 11) is 1.82.